The number of carbonyl (C=O) groups is 2. The molecular formula is C23H12N2O2S2. The van der Waals surface area contributed by atoms with Gasteiger partial charge in [-0.05, 0) is 70.1 Å². The quantitative estimate of drug-likeness (QED) is 0.273. The molecule has 0 aliphatic heterocycles. The van der Waals surface area contributed by atoms with Gasteiger partial charge < -0.3 is 0 Å². The Morgan fingerprint density at radius 2 is 1.66 bits per heavy atom. The third kappa shape index (κ3) is 2.46. The Bertz CT molecular complexity index is 1450. The number of fused-ring (bicyclic) bond motifs is 3. The Balaban J connectivity index is 1.41. The highest BCUT2D eigenvalue weighted by Gasteiger charge is 2.33. The lowest BCUT2D eigenvalue weighted by Crippen LogP contribution is -1.99. The average Bonchev–Trinajstić information content (AvgIpc) is 3.50. The monoisotopic (exact) mass is 412 g/mol. The highest BCUT2D eigenvalue weighted by Crippen LogP contribution is 2.34. The third-order valence-corrected chi connectivity index (χ3v) is 6.99. The van der Waals surface area contributed by atoms with Crippen LogP contribution < -0.4 is 0 Å². The highest BCUT2D eigenvalue weighted by molar-refractivity contribution is 7.15. The molecule has 6 heteroatoms. The van der Waals surface area contributed by atoms with Crippen molar-refractivity contribution in [1.29, 1.82) is 0 Å². The lowest BCUT2D eigenvalue weighted by Gasteiger charge is -1.99. The smallest absolute Gasteiger partial charge is 0.197 e. The summed E-state index contributed by atoms with van der Waals surface area (Å²) in [6.45, 7) is 0. The number of aromatic nitrogens is 2. The summed E-state index contributed by atoms with van der Waals surface area (Å²) in [4.78, 5) is 31.1. The summed E-state index contributed by atoms with van der Waals surface area (Å²) < 4.78 is 2.02. The van der Waals surface area contributed by atoms with Crippen LogP contribution in [-0.4, -0.2) is 21.1 Å². The van der Waals surface area contributed by atoms with Gasteiger partial charge in [0, 0.05) is 33.8 Å². The maximum Gasteiger partial charge on any atom is 0.197 e. The summed E-state index contributed by atoms with van der Waals surface area (Å²) >= 11 is 3.09. The molecule has 0 amide bonds. The van der Waals surface area contributed by atoms with E-state index in [1.165, 1.54) is 11.3 Å². The molecule has 29 heavy (non-hydrogen) atoms. The van der Waals surface area contributed by atoms with Gasteiger partial charge >= 0.3 is 0 Å². The zero-order valence-electron chi connectivity index (χ0n) is 15.0. The minimum Gasteiger partial charge on any atom is -0.292 e. The average molecular weight is 412 g/mol. The number of carbonyl (C=O) groups excluding carboxylic acids is 2. The molecule has 0 saturated carbocycles. The van der Waals surface area contributed by atoms with Gasteiger partial charge in [0.2, 0.25) is 0 Å². The van der Waals surface area contributed by atoms with Crippen molar-refractivity contribution in [3.05, 3.63) is 87.2 Å². The third-order valence-electron chi connectivity index (χ3n) is 5.18. The van der Waals surface area contributed by atoms with Gasteiger partial charge in [-0.15, -0.1) is 11.3 Å². The molecule has 0 bridgehead atoms. The van der Waals surface area contributed by atoms with Gasteiger partial charge in [-0.3, -0.25) is 14.2 Å². The van der Waals surface area contributed by atoms with Crippen molar-refractivity contribution in [2.75, 3.05) is 0 Å². The first kappa shape index (κ1) is 16.6. The second kappa shape index (κ2) is 6.07. The van der Waals surface area contributed by atoms with Crippen molar-refractivity contribution in [3.63, 3.8) is 0 Å². The second-order valence-corrected chi connectivity index (χ2v) is 8.73. The minimum atomic E-state index is -0.193. The van der Waals surface area contributed by atoms with E-state index in [2.05, 4.69) is 4.98 Å². The molecule has 0 saturated heterocycles. The van der Waals surface area contributed by atoms with Gasteiger partial charge in [-0.25, -0.2) is 4.98 Å². The predicted octanol–water partition coefficient (Wildman–Crippen LogP) is 5.76. The van der Waals surface area contributed by atoms with E-state index in [-0.39, 0.29) is 17.1 Å². The summed E-state index contributed by atoms with van der Waals surface area (Å²) in [5.74, 6) is -0.387. The molecule has 1 aliphatic carbocycles. The molecule has 1 aromatic carbocycles. The van der Waals surface area contributed by atoms with Crippen LogP contribution in [0.5, 0.6) is 0 Å². The first-order chi connectivity index (χ1) is 14.2. The van der Waals surface area contributed by atoms with Gasteiger partial charge in [-0.1, -0.05) is 0 Å². The molecule has 138 valence electrons. The number of thiophene rings is 2. The molecule has 5 aromatic rings. The fraction of sp³-hybridized carbons (Fsp3) is 0. The number of allylic oxidation sites excluding steroid dienone is 1. The molecule has 0 N–H and O–H groups in total. The Labute approximate surface area is 173 Å². The van der Waals surface area contributed by atoms with Gasteiger partial charge in [0.1, 0.15) is 10.6 Å². The predicted molar refractivity (Wildman–Crippen MR) is 117 cm³/mol. The number of benzene rings is 1. The summed E-state index contributed by atoms with van der Waals surface area (Å²) in [5.41, 5.74) is 2.13. The standard InChI is InChI=1S/C23H12N2O2S2/c26-21-17-8-14-11-28-12-15(14)9-18(17)22(27)19(21)10-16-3-4-20(29-16)25-7-5-13-2-1-6-24-23(13)25/h1-12H. The first-order valence-corrected chi connectivity index (χ1v) is 10.8. The normalized spacial score (nSPS) is 13.6. The van der Waals surface area contributed by atoms with E-state index in [0.29, 0.717) is 11.1 Å². The Morgan fingerprint density at radius 1 is 0.897 bits per heavy atom. The lowest BCUT2D eigenvalue weighted by atomic mass is 10.1. The van der Waals surface area contributed by atoms with Crippen LogP contribution >= 0.6 is 22.7 Å². The van der Waals surface area contributed by atoms with Gasteiger partial charge in [0.25, 0.3) is 0 Å². The number of hydrogen-bond donors (Lipinski definition) is 0. The summed E-state index contributed by atoms with van der Waals surface area (Å²) in [5, 5.41) is 8.05. The molecule has 4 aromatic heterocycles. The summed E-state index contributed by atoms with van der Waals surface area (Å²) in [6.07, 6.45) is 5.47. The molecule has 0 radical (unpaired) electrons. The number of Topliss-reactive ketones (excluding diaryl/α,β-unsaturated/α-hetero) is 2. The number of pyridine rings is 1. The molecule has 0 fully saturated rings. The molecule has 0 atom stereocenters. The SMILES string of the molecule is O=C1C(=Cc2ccc(-n3ccc4cccnc43)s2)C(=O)c2cc3cscc3cc21. The van der Waals surface area contributed by atoms with E-state index in [1.54, 1.807) is 23.6 Å². The van der Waals surface area contributed by atoms with Crippen LogP contribution in [0.2, 0.25) is 0 Å². The number of nitrogens with zero attached hydrogens (tertiary/aromatic N) is 2. The molecule has 6 rings (SSSR count). The molecule has 0 unspecified atom stereocenters. The van der Waals surface area contributed by atoms with E-state index in [9.17, 15) is 9.59 Å². The Hall–Kier alpha value is -3.35. The Kier molecular flexibility index (Phi) is 3.47. The van der Waals surface area contributed by atoms with Crippen molar-refractivity contribution in [2.24, 2.45) is 0 Å². The second-order valence-electron chi connectivity index (χ2n) is 6.89. The van der Waals surface area contributed by atoms with Crippen molar-refractivity contribution >= 4 is 62.1 Å². The number of rotatable bonds is 2. The van der Waals surface area contributed by atoms with Gasteiger partial charge in [-0.2, -0.15) is 11.3 Å². The zero-order valence-corrected chi connectivity index (χ0v) is 16.6. The van der Waals surface area contributed by atoms with Crippen LogP contribution in [0, 0.1) is 0 Å². The molecule has 4 nitrogen and oxygen atoms in total. The largest absolute Gasteiger partial charge is 0.292 e. The van der Waals surface area contributed by atoms with Crippen molar-refractivity contribution in [3.8, 4) is 5.00 Å². The summed E-state index contributed by atoms with van der Waals surface area (Å²) in [6, 6.07) is 13.5. The van der Waals surface area contributed by atoms with Crippen LogP contribution in [0.3, 0.4) is 0 Å². The van der Waals surface area contributed by atoms with Crippen LogP contribution in [0.25, 0.3) is 32.9 Å². The number of ketones is 2. The zero-order chi connectivity index (χ0) is 19.5. The molecule has 1 aliphatic rings. The lowest BCUT2D eigenvalue weighted by molar-refractivity contribution is 0.0990. The van der Waals surface area contributed by atoms with Crippen molar-refractivity contribution < 1.29 is 9.59 Å². The van der Waals surface area contributed by atoms with Crippen molar-refractivity contribution in [1.82, 2.24) is 9.55 Å². The van der Waals surface area contributed by atoms with E-state index in [4.69, 9.17) is 0 Å². The van der Waals surface area contributed by atoms with Gasteiger partial charge in [0.15, 0.2) is 11.6 Å². The van der Waals surface area contributed by atoms with Crippen molar-refractivity contribution in [2.45, 2.75) is 0 Å². The highest BCUT2D eigenvalue weighted by atomic mass is 32.1. The fourth-order valence-corrected chi connectivity index (χ4v) is 5.46. The molecule has 4 heterocycles. The van der Waals surface area contributed by atoms with Gasteiger partial charge in [0.05, 0.1) is 5.57 Å². The Morgan fingerprint density at radius 3 is 2.41 bits per heavy atom. The van der Waals surface area contributed by atoms with Crippen LogP contribution in [-0.2, 0) is 0 Å². The number of hydrogen-bond acceptors (Lipinski definition) is 5. The van der Waals surface area contributed by atoms with E-state index in [0.717, 1.165) is 31.7 Å². The maximum absolute atomic E-state index is 12.9. The minimum absolute atomic E-state index is 0.193. The van der Waals surface area contributed by atoms with E-state index >= 15 is 0 Å². The summed E-state index contributed by atoms with van der Waals surface area (Å²) in [7, 11) is 0. The van der Waals surface area contributed by atoms with Crippen LogP contribution in [0.15, 0.2) is 71.2 Å². The molecule has 0 spiro atoms. The van der Waals surface area contributed by atoms with E-state index in [1.807, 2.05) is 64.0 Å². The fourth-order valence-electron chi connectivity index (χ4n) is 3.75. The van der Waals surface area contributed by atoms with Crippen LogP contribution in [0.1, 0.15) is 25.6 Å². The van der Waals surface area contributed by atoms with Crippen LogP contribution in [0.4, 0.5) is 0 Å². The first-order valence-electron chi connectivity index (χ1n) is 9.02. The molecular weight excluding hydrogens is 400 g/mol. The van der Waals surface area contributed by atoms with E-state index < -0.39 is 0 Å². The maximum atomic E-state index is 12.9. The topological polar surface area (TPSA) is 52.0 Å².